The number of ether oxygens (including phenoxy) is 1. The highest BCUT2D eigenvalue weighted by atomic mass is 16.5. The Morgan fingerprint density at radius 1 is 1.04 bits per heavy atom. The second kappa shape index (κ2) is 7.98. The summed E-state index contributed by atoms with van der Waals surface area (Å²) in [6.07, 6.45) is -0.274. The number of amides is 2. The van der Waals surface area contributed by atoms with Crippen LogP contribution in [0.25, 0.3) is 10.8 Å². The van der Waals surface area contributed by atoms with Crippen LogP contribution >= 0.6 is 0 Å². The van der Waals surface area contributed by atoms with Crippen molar-refractivity contribution >= 4 is 22.8 Å². The van der Waals surface area contributed by atoms with Crippen molar-refractivity contribution in [1.29, 1.82) is 0 Å². The van der Waals surface area contributed by atoms with Crippen molar-refractivity contribution in [3.63, 3.8) is 0 Å². The maximum Gasteiger partial charge on any atom is 0.409 e. The van der Waals surface area contributed by atoms with Crippen molar-refractivity contribution in [2.75, 3.05) is 46.4 Å². The first-order valence-electron chi connectivity index (χ1n) is 8.49. The number of fused-ring (bicyclic) bond motifs is 1. The Morgan fingerprint density at radius 3 is 2.48 bits per heavy atom. The van der Waals surface area contributed by atoms with Crippen molar-refractivity contribution in [3.8, 4) is 0 Å². The molecule has 0 saturated carbocycles. The van der Waals surface area contributed by atoms with Crippen LogP contribution in [0.3, 0.4) is 0 Å². The zero-order valence-electron chi connectivity index (χ0n) is 14.4. The molecule has 2 amide bonds. The van der Waals surface area contributed by atoms with E-state index < -0.39 is 0 Å². The van der Waals surface area contributed by atoms with Gasteiger partial charge in [0.15, 0.2) is 0 Å². The van der Waals surface area contributed by atoms with Crippen LogP contribution in [0.1, 0.15) is 10.4 Å². The van der Waals surface area contributed by atoms with E-state index in [1.807, 2.05) is 42.5 Å². The third-order valence-electron chi connectivity index (χ3n) is 4.53. The molecule has 0 aliphatic carbocycles. The first-order valence-corrected chi connectivity index (χ1v) is 8.49. The molecule has 0 bridgehead atoms. The number of hydrogen-bond donors (Lipinski definition) is 1. The quantitative estimate of drug-likeness (QED) is 0.923. The molecule has 1 aliphatic heterocycles. The van der Waals surface area contributed by atoms with E-state index >= 15 is 0 Å². The van der Waals surface area contributed by atoms with Crippen LogP contribution in [0.4, 0.5) is 4.79 Å². The molecule has 0 spiro atoms. The Bertz CT molecular complexity index is 754. The van der Waals surface area contributed by atoms with Crippen molar-refractivity contribution in [2.24, 2.45) is 0 Å². The number of carbonyl (C=O) groups is 2. The minimum Gasteiger partial charge on any atom is -0.453 e. The van der Waals surface area contributed by atoms with Gasteiger partial charge in [-0.25, -0.2) is 4.79 Å². The molecule has 2 aromatic carbocycles. The predicted octanol–water partition coefficient (Wildman–Crippen LogP) is 1.95. The van der Waals surface area contributed by atoms with Crippen LogP contribution < -0.4 is 5.32 Å². The van der Waals surface area contributed by atoms with E-state index in [1.54, 1.807) is 4.90 Å². The lowest BCUT2D eigenvalue weighted by Gasteiger charge is -2.33. The Morgan fingerprint density at radius 2 is 1.76 bits per heavy atom. The Kier molecular flexibility index (Phi) is 5.50. The molecule has 2 aromatic rings. The third-order valence-corrected chi connectivity index (χ3v) is 4.53. The molecule has 132 valence electrons. The number of nitrogens with one attached hydrogen (secondary N) is 1. The van der Waals surface area contributed by atoms with Gasteiger partial charge in [0.05, 0.1) is 7.11 Å². The summed E-state index contributed by atoms with van der Waals surface area (Å²) >= 11 is 0. The molecule has 1 fully saturated rings. The van der Waals surface area contributed by atoms with E-state index in [2.05, 4.69) is 10.2 Å². The summed E-state index contributed by atoms with van der Waals surface area (Å²) in [5.41, 5.74) is 0.675. The average molecular weight is 341 g/mol. The molecular formula is C19H23N3O3. The van der Waals surface area contributed by atoms with Gasteiger partial charge in [0.25, 0.3) is 5.91 Å². The van der Waals surface area contributed by atoms with Gasteiger partial charge in [0.1, 0.15) is 0 Å². The summed E-state index contributed by atoms with van der Waals surface area (Å²) in [6.45, 7) is 4.26. The van der Waals surface area contributed by atoms with Gasteiger partial charge in [0.2, 0.25) is 0 Å². The molecule has 1 saturated heterocycles. The van der Waals surface area contributed by atoms with E-state index in [0.29, 0.717) is 25.2 Å². The Hall–Kier alpha value is -2.60. The fraction of sp³-hybridized carbons (Fsp3) is 0.368. The zero-order valence-corrected chi connectivity index (χ0v) is 14.4. The van der Waals surface area contributed by atoms with Gasteiger partial charge < -0.3 is 15.0 Å². The Balaban J connectivity index is 1.45. The fourth-order valence-corrected chi connectivity index (χ4v) is 3.04. The number of carbonyl (C=O) groups excluding carboxylic acids is 2. The topological polar surface area (TPSA) is 61.9 Å². The van der Waals surface area contributed by atoms with Crippen molar-refractivity contribution in [2.45, 2.75) is 0 Å². The van der Waals surface area contributed by atoms with Gasteiger partial charge in [-0.05, 0) is 22.9 Å². The highest BCUT2D eigenvalue weighted by molar-refractivity contribution is 5.98. The lowest BCUT2D eigenvalue weighted by Crippen LogP contribution is -2.50. The van der Waals surface area contributed by atoms with Gasteiger partial charge in [-0.3, -0.25) is 9.69 Å². The molecule has 6 nitrogen and oxygen atoms in total. The summed E-state index contributed by atoms with van der Waals surface area (Å²) in [5.74, 6) is -0.0565. The minimum absolute atomic E-state index is 0.0565. The van der Waals surface area contributed by atoms with Gasteiger partial charge in [0, 0.05) is 44.8 Å². The summed E-state index contributed by atoms with van der Waals surface area (Å²) in [5, 5.41) is 5.16. The molecule has 3 rings (SSSR count). The van der Waals surface area contributed by atoms with Crippen molar-refractivity contribution in [1.82, 2.24) is 15.1 Å². The maximum absolute atomic E-state index is 12.3. The van der Waals surface area contributed by atoms with Gasteiger partial charge in [-0.15, -0.1) is 0 Å². The molecular weight excluding hydrogens is 318 g/mol. The van der Waals surface area contributed by atoms with Crippen LogP contribution in [0.5, 0.6) is 0 Å². The summed E-state index contributed by atoms with van der Waals surface area (Å²) < 4.78 is 4.73. The van der Waals surface area contributed by atoms with Crippen LogP contribution in [0.2, 0.25) is 0 Å². The van der Waals surface area contributed by atoms with E-state index in [9.17, 15) is 9.59 Å². The van der Waals surface area contributed by atoms with Crippen LogP contribution in [0, 0.1) is 0 Å². The lowest BCUT2D eigenvalue weighted by molar-refractivity contribution is 0.0885. The van der Waals surface area contributed by atoms with E-state index in [4.69, 9.17) is 4.74 Å². The first kappa shape index (κ1) is 17.2. The normalized spacial score (nSPS) is 15.2. The second-order valence-corrected chi connectivity index (χ2v) is 6.12. The number of hydrogen-bond acceptors (Lipinski definition) is 4. The van der Waals surface area contributed by atoms with Gasteiger partial charge in [-0.2, -0.15) is 0 Å². The SMILES string of the molecule is COC(=O)N1CCN(CCNC(=O)c2ccc3ccccc3c2)CC1. The standard InChI is InChI=1S/C19H23N3O3/c1-25-19(24)22-12-10-21(11-13-22)9-8-20-18(23)17-7-6-15-4-2-3-5-16(15)14-17/h2-7,14H,8-13H2,1H3,(H,20,23). The van der Waals surface area contributed by atoms with Crippen molar-refractivity contribution < 1.29 is 14.3 Å². The maximum atomic E-state index is 12.3. The lowest BCUT2D eigenvalue weighted by atomic mass is 10.1. The third kappa shape index (κ3) is 4.28. The number of benzene rings is 2. The molecule has 1 aliphatic rings. The summed E-state index contributed by atoms with van der Waals surface area (Å²) in [4.78, 5) is 27.7. The van der Waals surface area contributed by atoms with Crippen molar-refractivity contribution in [3.05, 3.63) is 48.0 Å². The molecule has 0 unspecified atom stereocenters. The van der Waals surface area contributed by atoms with Gasteiger partial charge in [-0.1, -0.05) is 30.3 Å². The largest absolute Gasteiger partial charge is 0.453 e. The summed E-state index contributed by atoms with van der Waals surface area (Å²) in [7, 11) is 1.40. The van der Waals surface area contributed by atoms with Crippen LogP contribution in [-0.4, -0.2) is 68.2 Å². The molecule has 1 heterocycles. The monoisotopic (exact) mass is 341 g/mol. The minimum atomic E-state index is -0.274. The second-order valence-electron chi connectivity index (χ2n) is 6.12. The number of piperazine rings is 1. The number of nitrogens with zero attached hydrogens (tertiary/aromatic N) is 2. The molecule has 0 aromatic heterocycles. The number of methoxy groups -OCH3 is 1. The average Bonchev–Trinajstić information content (AvgIpc) is 2.67. The predicted molar refractivity (Wildman–Crippen MR) is 96.7 cm³/mol. The molecule has 6 heteroatoms. The zero-order chi connectivity index (χ0) is 17.6. The van der Waals surface area contributed by atoms with Crippen LogP contribution in [0.15, 0.2) is 42.5 Å². The smallest absolute Gasteiger partial charge is 0.409 e. The van der Waals surface area contributed by atoms with Crippen LogP contribution in [-0.2, 0) is 4.74 Å². The van der Waals surface area contributed by atoms with Gasteiger partial charge >= 0.3 is 6.09 Å². The molecule has 1 N–H and O–H groups in total. The Labute approximate surface area is 147 Å². The highest BCUT2D eigenvalue weighted by Gasteiger charge is 2.21. The van der Waals surface area contributed by atoms with E-state index in [0.717, 1.165) is 30.4 Å². The molecule has 0 radical (unpaired) electrons. The highest BCUT2D eigenvalue weighted by Crippen LogP contribution is 2.15. The number of rotatable bonds is 4. The first-order chi connectivity index (χ1) is 12.2. The van der Waals surface area contributed by atoms with E-state index in [-0.39, 0.29) is 12.0 Å². The summed E-state index contributed by atoms with van der Waals surface area (Å²) in [6, 6.07) is 13.7. The molecule has 25 heavy (non-hydrogen) atoms. The molecule has 0 atom stereocenters. The van der Waals surface area contributed by atoms with E-state index in [1.165, 1.54) is 7.11 Å². The fourth-order valence-electron chi connectivity index (χ4n) is 3.04.